The molecule has 1 aromatic heterocycles. The smallest absolute Gasteiger partial charge is 0.181 e. The third-order valence-corrected chi connectivity index (χ3v) is 2.83. The number of ether oxygens (including phenoxy) is 2. The zero-order valence-electron chi connectivity index (χ0n) is 8.98. The van der Waals surface area contributed by atoms with Crippen molar-refractivity contribution in [1.29, 1.82) is 0 Å². The maximum Gasteiger partial charge on any atom is 0.181 e. The van der Waals surface area contributed by atoms with Crippen molar-refractivity contribution in [2.24, 2.45) is 0 Å². The Labute approximate surface area is 102 Å². The molecule has 0 spiro atoms. The standard InChI is InChI=1S/C11H11BrN2O2/c1-15-8-3-4-10(16-2)9(7-8)14-6-5-13-11(14)12/h3-7H,1-2H3. The maximum atomic E-state index is 5.30. The van der Waals surface area contributed by atoms with Crippen molar-refractivity contribution in [1.82, 2.24) is 9.55 Å². The second kappa shape index (κ2) is 4.57. The van der Waals surface area contributed by atoms with Crippen LogP contribution in [-0.2, 0) is 0 Å². The first-order valence-corrected chi connectivity index (χ1v) is 5.47. The molecule has 0 N–H and O–H groups in total. The summed E-state index contributed by atoms with van der Waals surface area (Å²) >= 11 is 3.37. The average molecular weight is 283 g/mol. The molecule has 2 aromatic rings. The van der Waals surface area contributed by atoms with Crippen LogP contribution in [-0.4, -0.2) is 23.8 Å². The van der Waals surface area contributed by atoms with Crippen molar-refractivity contribution in [3.63, 3.8) is 0 Å². The third kappa shape index (κ3) is 1.90. The van der Waals surface area contributed by atoms with Crippen LogP contribution in [0.1, 0.15) is 0 Å². The van der Waals surface area contributed by atoms with Crippen molar-refractivity contribution in [3.8, 4) is 17.2 Å². The molecule has 0 radical (unpaired) electrons. The van der Waals surface area contributed by atoms with Crippen LogP contribution in [0, 0.1) is 0 Å². The van der Waals surface area contributed by atoms with Gasteiger partial charge in [-0.2, -0.15) is 0 Å². The van der Waals surface area contributed by atoms with Crippen LogP contribution in [0.25, 0.3) is 5.69 Å². The van der Waals surface area contributed by atoms with E-state index >= 15 is 0 Å². The molecule has 2 rings (SSSR count). The average Bonchev–Trinajstić information content (AvgIpc) is 2.74. The molecule has 0 saturated carbocycles. The van der Waals surface area contributed by atoms with E-state index in [1.807, 2.05) is 29.0 Å². The fourth-order valence-corrected chi connectivity index (χ4v) is 1.88. The Morgan fingerprint density at radius 3 is 2.62 bits per heavy atom. The highest BCUT2D eigenvalue weighted by molar-refractivity contribution is 9.10. The quantitative estimate of drug-likeness (QED) is 0.868. The summed E-state index contributed by atoms with van der Waals surface area (Å²) in [6, 6.07) is 5.61. The molecule has 0 aliphatic heterocycles. The van der Waals surface area contributed by atoms with Gasteiger partial charge in [0.25, 0.3) is 0 Å². The first-order chi connectivity index (χ1) is 7.76. The zero-order chi connectivity index (χ0) is 11.5. The molecule has 1 heterocycles. The molecule has 84 valence electrons. The molecule has 0 saturated heterocycles. The Hall–Kier alpha value is -1.49. The van der Waals surface area contributed by atoms with Crippen molar-refractivity contribution in [2.75, 3.05) is 14.2 Å². The molecular weight excluding hydrogens is 272 g/mol. The number of halogens is 1. The summed E-state index contributed by atoms with van der Waals surface area (Å²) in [6.07, 6.45) is 3.56. The van der Waals surface area contributed by atoms with E-state index in [9.17, 15) is 0 Å². The second-order valence-corrected chi connectivity index (χ2v) is 3.81. The molecule has 0 aliphatic carbocycles. The summed E-state index contributed by atoms with van der Waals surface area (Å²) < 4.78 is 13.1. The lowest BCUT2D eigenvalue weighted by Gasteiger charge is -2.11. The summed E-state index contributed by atoms with van der Waals surface area (Å²) in [5, 5.41) is 0. The van der Waals surface area contributed by atoms with E-state index in [0.717, 1.165) is 21.9 Å². The van der Waals surface area contributed by atoms with E-state index in [1.54, 1.807) is 20.4 Å². The number of methoxy groups -OCH3 is 2. The number of rotatable bonds is 3. The fraction of sp³-hybridized carbons (Fsp3) is 0.182. The highest BCUT2D eigenvalue weighted by Gasteiger charge is 2.09. The van der Waals surface area contributed by atoms with Gasteiger partial charge in [-0.15, -0.1) is 0 Å². The van der Waals surface area contributed by atoms with Crippen molar-refractivity contribution in [3.05, 3.63) is 35.3 Å². The molecular formula is C11H11BrN2O2. The van der Waals surface area contributed by atoms with Crippen LogP contribution in [0.5, 0.6) is 11.5 Å². The van der Waals surface area contributed by atoms with Crippen molar-refractivity contribution >= 4 is 15.9 Å². The van der Waals surface area contributed by atoms with Gasteiger partial charge in [-0.1, -0.05) is 0 Å². The lowest BCUT2D eigenvalue weighted by Crippen LogP contribution is -1.98. The maximum absolute atomic E-state index is 5.30. The fourth-order valence-electron chi connectivity index (χ4n) is 1.45. The van der Waals surface area contributed by atoms with Crippen LogP contribution in [0.3, 0.4) is 0 Å². The molecule has 0 fully saturated rings. The molecule has 0 amide bonds. The largest absolute Gasteiger partial charge is 0.497 e. The molecule has 5 heteroatoms. The number of aromatic nitrogens is 2. The van der Waals surface area contributed by atoms with E-state index in [1.165, 1.54) is 0 Å². The van der Waals surface area contributed by atoms with Crippen molar-refractivity contribution < 1.29 is 9.47 Å². The normalized spacial score (nSPS) is 10.2. The lowest BCUT2D eigenvalue weighted by molar-refractivity contribution is 0.401. The Balaban J connectivity index is 2.57. The van der Waals surface area contributed by atoms with Gasteiger partial charge in [0.2, 0.25) is 0 Å². The van der Waals surface area contributed by atoms with Gasteiger partial charge in [-0.3, -0.25) is 4.57 Å². The summed E-state index contributed by atoms with van der Waals surface area (Å²) in [7, 11) is 3.27. The minimum atomic E-state index is 0.721. The molecule has 0 atom stereocenters. The summed E-state index contributed by atoms with van der Waals surface area (Å²) in [6.45, 7) is 0. The van der Waals surface area contributed by atoms with E-state index in [0.29, 0.717) is 0 Å². The van der Waals surface area contributed by atoms with Crippen LogP contribution in [0.4, 0.5) is 0 Å². The van der Waals surface area contributed by atoms with Gasteiger partial charge in [0.15, 0.2) is 4.73 Å². The molecule has 0 bridgehead atoms. The third-order valence-electron chi connectivity index (χ3n) is 2.24. The van der Waals surface area contributed by atoms with Gasteiger partial charge in [-0.25, -0.2) is 4.98 Å². The number of imidazole rings is 1. The zero-order valence-corrected chi connectivity index (χ0v) is 10.6. The first-order valence-electron chi connectivity index (χ1n) is 4.67. The highest BCUT2D eigenvalue weighted by atomic mass is 79.9. The number of benzene rings is 1. The SMILES string of the molecule is COc1ccc(OC)c(-n2ccnc2Br)c1. The summed E-state index contributed by atoms with van der Waals surface area (Å²) in [5.41, 5.74) is 0.881. The van der Waals surface area contributed by atoms with Gasteiger partial charge >= 0.3 is 0 Å². The van der Waals surface area contributed by atoms with Gasteiger partial charge in [0.1, 0.15) is 11.5 Å². The second-order valence-electron chi connectivity index (χ2n) is 3.10. The minimum Gasteiger partial charge on any atom is -0.497 e. The van der Waals surface area contributed by atoms with Gasteiger partial charge < -0.3 is 9.47 Å². The monoisotopic (exact) mass is 282 g/mol. The van der Waals surface area contributed by atoms with E-state index in [2.05, 4.69) is 20.9 Å². The van der Waals surface area contributed by atoms with Crippen LogP contribution < -0.4 is 9.47 Å². The summed E-state index contributed by atoms with van der Waals surface area (Å²) in [5.74, 6) is 1.54. The van der Waals surface area contributed by atoms with Crippen molar-refractivity contribution in [2.45, 2.75) is 0 Å². The van der Waals surface area contributed by atoms with Crippen LogP contribution >= 0.6 is 15.9 Å². The predicted octanol–water partition coefficient (Wildman–Crippen LogP) is 2.65. The Morgan fingerprint density at radius 2 is 2.06 bits per heavy atom. The number of hydrogen-bond donors (Lipinski definition) is 0. The van der Waals surface area contributed by atoms with Crippen LogP contribution in [0.2, 0.25) is 0 Å². The Bertz CT molecular complexity index is 496. The topological polar surface area (TPSA) is 36.3 Å². The number of nitrogens with zero attached hydrogens (tertiary/aromatic N) is 2. The van der Waals surface area contributed by atoms with E-state index < -0.39 is 0 Å². The minimum absolute atomic E-state index is 0.721. The Kier molecular flexibility index (Phi) is 3.14. The summed E-state index contributed by atoms with van der Waals surface area (Å²) in [4.78, 5) is 4.11. The van der Waals surface area contributed by atoms with Gasteiger partial charge in [-0.05, 0) is 28.1 Å². The van der Waals surface area contributed by atoms with Gasteiger partial charge in [0, 0.05) is 18.5 Å². The number of hydrogen-bond acceptors (Lipinski definition) is 3. The highest BCUT2D eigenvalue weighted by Crippen LogP contribution is 2.29. The first kappa shape index (κ1) is 11.0. The molecule has 0 aliphatic rings. The Morgan fingerprint density at radius 1 is 1.25 bits per heavy atom. The molecule has 4 nitrogen and oxygen atoms in total. The van der Waals surface area contributed by atoms with E-state index in [-0.39, 0.29) is 0 Å². The molecule has 0 unspecified atom stereocenters. The molecule has 16 heavy (non-hydrogen) atoms. The predicted molar refractivity (Wildman–Crippen MR) is 64.4 cm³/mol. The lowest BCUT2D eigenvalue weighted by atomic mass is 10.2. The van der Waals surface area contributed by atoms with E-state index in [4.69, 9.17) is 9.47 Å². The van der Waals surface area contributed by atoms with Gasteiger partial charge in [0.05, 0.1) is 19.9 Å². The molecule has 1 aromatic carbocycles. The van der Waals surface area contributed by atoms with Crippen LogP contribution in [0.15, 0.2) is 35.3 Å².